The van der Waals surface area contributed by atoms with E-state index in [-0.39, 0.29) is 39.1 Å². The van der Waals surface area contributed by atoms with Gasteiger partial charge in [0, 0.05) is 0 Å². The molecule has 6 nitrogen and oxygen atoms in total. The summed E-state index contributed by atoms with van der Waals surface area (Å²) in [5, 5.41) is 20.4. The van der Waals surface area contributed by atoms with E-state index in [4.69, 9.17) is 0 Å². The Kier molecular flexibility index (Phi) is 10.2. The van der Waals surface area contributed by atoms with Gasteiger partial charge in [0.15, 0.2) is 0 Å². The maximum Gasteiger partial charge on any atom is 2.00 e. The number of aromatic carboxylic acids is 2. The van der Waals surface area contributed by atoms with Crippen molar-refractivity contribution in [2.75, 3.05) is 0 Å². The Morgan fingerprint density at radius 2 is 1.00 bits per heavy atom. The largest absolute Gasteiger partial charge is 2.00 e. The van der Waals surface area contributed by atoms with Crippen molar-refractivity contribution in [2.24, 2.45) is 0 Å². The molecule has 0 saturated heterocycles. The molecule has 4 N–H and O–H groups in total. The van der Waals surface area contributed by atoms with Gasteiger partial charge < -0.3 is 30.8 Å². The fourth-order valence-corrected chi connectivity index (χ4v) is 0.742. The Balaban J connectivity index is -0.000000480. The molecule has 0 spiro atoms. The predicted molar refractivity (Wildman–Crippen MR) is 42.3 cm³/mol. The van der Waals surface area contributed by atoms with E-state index in [0.717, 1.165) is 24.3 Å². The molecule has 7 heteroatoms. The van der Waals surface area contributed by atoms with Crippen LogP contribution in [0.3, 0.4) is 0 Å². The van der Waals surface area contributed by atoms with E-state index >= 15 is 0 Å². The summed E-state index contributed by atoms with van der Waals surface area (Å²) in [7, 11) is 0. The average molecular weight is 255 g/mol. The van der Waals surface area contributed by atoms with Crippen LogP contribution in [-0.4, -0.2) is 22.9 Å². The maximum atomic E-state index is 10.2. The molecular weight excluding hydrogens is 247 g/mol. The molecule has 0 aliphatic heterocycles. The first kappa shape index (κ1) is 19.2. The van der Waals surface area contributed by atoms with E-state index in [1.807, 2.05) is 0 Å². The van der Waals surface area contributed by atoms with Gasteiger partial charge in [0.1, 0.15) is 0 Å². The minimum absolute atomic E-state index is 0. The molecule has 1 radical (unpaired) electrons. The van der Waals surface area contributed by atoms with Crippen LogP contribution in [0.25, 0.3) is 0 Å². The van der Waals surface area contributed by atoms with Crippen molar-refractivity contribution in [1.29, 1.82) is 0 Å². The first-order chi connectivity index (χ1) is 5.61. The van der Waals surface area contributed by atoms with Crippen molar-refractivity contribution < 1.29 is 47.8 Å². The third kappa shape index (κ3) is 5.14. The van der Waals surface area contributed by atoms with Gasteiger partial charge in [-0.2, -0.15) is 0 Å². The summed E-state index contributed by atoms with van der Waals surface area (Å²) in [4.78, 5) is 20.4. The second-order valence-electron chi connectivity index (χ2n) is 2.15. The standard InChI is InChI=1S/C8H6O4.Mn.2H2O/c9-7(10)5-1-2-6(4-3-5)8(11)12;;;/h1-4H,(H,9,10)(H,11,12);;2*1H2/q;+2;;/p-2. The number of carbonyl (C=O) groups is 2. The molecule has 0 amide bonds. The molecule has 0 aliphatic rings. The quantitative estimate of drug-likeness (QED) is 0.511. The molecule has 1 aromatic carbocycles. The summed E-state index contributed by atoms with van der Waals surface area (Å²) in [5.74, 6) is -2.67. The first-order valence-corrected chi connectivity index (χ1v) is 3.14. The van der Waals surface area contributed by atoms with E-state index in [9.17, 15) is 19.8 Å². The third-order valence-corrected chi connectivity index (χ3v) is 1.36. The van der Waals surface area contributed by atoms with Crippen LogP contribution in [0.4, 0.5) is 0 Å². The summed E-state index contributed by atoms with van der Waals surface area (Å²) in [6, 6.07) is 4.61. The van der Waals surface area contributed by atoms with Gasteiger partial charge in [-0.1, -0.05) is 24.3 Å². The molecule has 0 heterocycles. The molecule has 0 bridgehead atoms. The number of hydrogen-bond donors (Lipinski definition) is 0. The van der Waals surface area contributed by atoms with Crippen LogP contribution < -0.4 is 10.2 Å². The van der Waals surface area contributed by atoms with E-state index < -0.39 is 11.9 Å². The third-order valence-electron chi connectivity index (χ3n) is 1.36. The Bertz CT molecular complexity index is 287. The smallest absolute Gasteiger partial charge is 0.545 e. The van der Waals surface area contributed by atoms with Crippen molar-refractivity contribution in [3.05, 3.63) is 35.4 Å². The summed E-state index contributed by atoms with van der Waals surface area (Å²) >= 11 is 0. The molecule has 1 aromatic rings. The van der Waals surface area contributed by atoms with Gasteiger partial charge in [0.2, 0.25) is 0 Å². The van der Waals surface area contributed by atoms with E-state index in [2.05, 4.69) is 0 Å². The van der Waals surface area contributed by atoms with Crippen LogP contribution in [0.1, 0.15) is 20.7 Å². The fraction of sp³-hybridized carbons (Fsp3) is 0. The molecule has 0 fully saturated rings. The minimum Gasteiger partial charge on any atom is -0.545 e. The number of rotatable bonds is 2. The molecule has 83 valence electrons. The van der Waals surface area contributed by atoms with Crippen LogP contribution in [0, 0.1) is 0 Å². The van der Waals surface area contributed by atoms with Crippen LogP contribution in [-0.2, 0) is 17.1 Å². The van der Waals surface area contributed by atoms with E-state index in [1.165, 1.54) is 0 Å². The van der Waals surface area contributed by atoms with Gasteiger partial charge in [-0.05, 0) is 11.1 Å². The number of carboxylic acids is 2. The number of benzene rings is 1. The molecule has 0 atom stereocenters. The van der Waals surface area contributed by atoms with Crippen molar-refractivity contribution in [3.63, 3.8) is 0 Å². The van der Waals surface area contributed by atoms with Gasteiger partial charge in [0.25, 0.3) is 0 Å². The van der Waals surface area contributed by atoms with Crippen LogP contribution in [0.2, 0.25) is 0 Å². The zero-order valence-corrected chi connectivity index (χ0v) is 8.50. The first-order valence-electron chi connectivity index (χ1n) is 3.14. The molecule has 0 unspecified atom stereocenters. The molecule has 0 saturated carbocycles. The van der Waals surface area contributed by atoms with Gasteiger partial charge in [-0.3, -0.25) is 0 Å². The molecule has 0 aliphatic carbocycles. The Hall–Kier alpha value is -1.40. The Morgan fingerprint density at radius 1 is 0.800 bits per heavy atom. The topological polar surface area (TPSA) is 143 Å². The zero-order valence-electron chi connectivity index (χ0n) is 7.32. The Morgan fingerprint density at radius 3 is 1.13 bits per heavy atom. The summed E-state index contributed by atoms with van der Waals surface area (Å²) < 4.78 is 0. The average Bonchev–Trinajstić information content (AvgIpc) is 2.04. The van der Waals surface area contributed by atoms with Gasteiger partial charge in [0.05, 0.1) is 11.9 Å². The van der Waals surface area contributed by atoms with Crippen LogP contribution in [0.5, 0.6) is 0 Å². The monoisotopic (exact) mass is 255 g/mol. The molecular formula is C8H8MnO6. The molecule has 15 heavy (non-hydrogen) atoms. The summed E-state index contributed by atoms with van der Waals surface area (Å²) in [5.41, 5.74) is -0.111. The summed E-state index contributed by atoms with van der Waals surface area (Å²) in [6.45, 7) is 0. The minimum atomic E-state index is -1.33. The number of carboxylic acid groups (broad SMARTS) is 2. The SMILES string of the molecule is O.O.O=C([O-])c1ccc(C(=O)[O-])cc1.[Mn+2]. The van der Waals surface area contributed by atoms with Crippen LogP contribution in [0.15, 0.2) is 24.3 Å². The predicted octanol–water partition coefficient (Wildman–Crippen LogP) is -3.24. The van der Waals surface area contributed by atoms with Gasteiger partial charge in [-0.15, -0.1) is 0 Å². The fourth-order valence-electron chi connectivity index (χ4n) is 0.742. The van der Waals surface area contributed by atoms with Gasteiger partial charge >= 0.3 is 17.1 Å². The van der Waals surface area contributed by atoms with Crippen molar-refractivity contribution >= 4 is 11.9 Å². The Labute approximate surface area is 95.6 Å². The van der Waals surface area contributed by atoms with Gasteiger partial charge in [-0.25, -0.2) is 0 Å². The van der Waals surface area contributed by atoms with Crippen molar-refractivity contribution in [1.82, 2.24) is 0 Å². The molecule has 0 aromatic heterocycles. The van der Waals surface area contributed by atoms with E-state index in [1.54, 1.807) is 0 Å². The van der Waals surface area contributed by atoms with E-state index in [0.29, 0.717) is 0 Å². The molecule has 1 rings (SSSR count). The number of hydrogen-bond acceptors (Lipinski definition) is 4. The zero-order chi connectivity index (χ0) is 9.14. The summed E-state index contributed by atoms with van der Waals surface area (Å²) in [6.07, 6.45) is 0. The second-order valence-corrected chi connectivity index (χ2v) is 2.15. The van der Waals surface area contributed by atoms with Crippen molar-refractivity contribution in [3.8, 4) is 0 Å². The maximum absolute atomic E-state index is 10.2. The normalized spacial score (nSPS) is 7.47. The van der Waals surface area contributed by atoms with Crippen LogP contribution >= 0.6 is 0 Å². The van der Waals surface area contributed by atoms with Crippen molar-refractivity contribution in [2.45, 2.75) is 0 Å². The second kappa shape index (κ2) is 7.95. The number of carbonyl (C=O) groups excluding carboxylic acids is 2.